The smallest absolute Gasteiger partial charge is 0.410 e. The molecule has 3 rings (SSSR count). The summed E-state index contributed by atoms with van der Waals surface area (Å²) in [7, 11) is 0. The molecular weight excluding hydrogens is 356 g/mol. The van der Waals surface area contributed by atoms with Crippen molar-refractivity contribution in [1.29, 1.82) is 0 Å². The Bertz CT molecular complexity index is 786. The second-order valence-corrected chi connectivity index (χ2v) is 8.08. The lowest BCUT2D eigenvalue weighted by atomic mass is 9.96. The van der Waals surface area contributed by atoms with Crippen molar-refractivity contribution >= 4 is 12.0 Å². The van der Waals surface area contributed by atoms with Crippen LogP contribution in [0.3, 0.4) is 0 Å². The van der Waals surface area contributed by atoms with Crippen molar-refractivity contribution in [2.75, 3.05) is 13.1 Å². The molecule has 0 saturated carbocycles. The molecule has 1 aromatic carbocycles. The molecule has 2 heterocycles. The number of ether oxygens (including phenoxy) is 1. The molecule has 7 heteroatoms. The number of nitrogens with one attached hydrogen (secondary N) is 1. The van der Waals surface area contributed by atoms with E-state index in [1.165, 1.54) is 0 Å². The third-order valence-corrected chi connectivity index (χ3v) is 4.69. The Morgan fingerprint density at radius 1 is 1.18 bits per heavy atom. The van der Waals surface area contributed by atoms with Gasteiger partial charge in [-0.15, -0.1) is 0 Å². The fourth-order valence-electron chi connectivity index (χ4n) is 3.17. The molecule has 0 aliphatic carbocycles. The van der Waals surface area contributed by atoms with Crippen LogP contribution in [0.5, 0.6) is 0 Å². The van der Waals surface area contributed by atoms with Gasteiger partial charge < -0.3 is 15.0 Å². The van der Waals surface area contributed by atoms with Gasteiger partial charge in [0, 0.05) is 37.9 Å². The molecule has 1 fully saturated rings. The largest absolute Gasteiger partial charge is 0.444 e. The number of piperidine rings is 1. The summed E-state index contributed by atoms with van der Waals surface area (Å²) in [5.41, 5.74) is 1.52. The first-order valence-electron chi connectivity index (χ1n) is 9.66. The Morgan fingerprint density at radius 3 is 2.43 bits per heavy atom. The summed E-state index contributed by atoms with van der Waals surface area (Å²) in [6, 6.07) is 9.81. The van der Waals surface area contributed by atoms with Gasteiger partial charge in [0.05, 0.1) is 5.69 Å². The van der Waals surface area contributed by atoms with Crippen LogP contribution in [-0.4, -0.2) is 45.4 Å². The topological polar surface area (TPSA) is 76.5 Å². The zero-order chi connectivity index (χ0) is 20.1. The lowest BCUT2D eigenvalue weighted by molar-refractivity contribution is -0.126. The Labute approximate surface area is 165 Å². The van der Waals surface area contributed by atoms with Crippen LogP contribution in [0.2, 0.25) is 0 Å². The first-order valence-corrected chi connectivity index (χ1v) is 9.66. The number of rotatable bonds is 4. The van der Waals surface area contributed by atoms with Gasteiger partial charge in [-0.1, -0.05) is 12.1 Å². The van der Waals surface area contributed by atoms with Crippen molar-refractivity contribution in [3.05, 3.63) is 48.3 Å². The number of aromatic nitrogens is 2. The van der Waals surface area contributed by atoms with Crippen molar-refractivity contribution in [2.45, 2.75) is 45.8 Å². The van der Waals surface area contributed by atoms with E-state index < -0.39 is 5.60 Å². The van der Waals surface area contributed by atoms with Gasteiger partial charge in [0.25, 0.3) is 0 Å². The molecule has 0 atom stereocenters. The van der Waals surface area contributed by atoms with Crippen LogP contribution >= 0.6 is 0 Å². The van der Waals surface area contributed by atoms with E-state index in [2.05, 4.69) is 10.4 Å². The van der Waals surface area contributed by atoms with Crippen molar-refractivity contribution < 1.29 is 14.3 Å². The number of carbonyl (C=O) groups excluding carboxylic acids is 2. The average molecular weight is 384 g/mol. The highest BCUT2D eigenvalue weighted by Gasteiger charge is 2.29. The van der Waals surface area contributed by atoms with Gasteiger partial charge in [-0.3, -0.25) is 4.79 Å². The minimum absolute atomic E-state index is 0.0417. The molecular formula is C21H28N4O3. The summed E-state index contributed by atoms with van der Waals surface area (Å²) < 4.78 is 7.19. The Kier molecular flexibility index (Phi) is 6.02. The molecule has 1 aliphatic rings. The number of hydrogen-bond acceptors (Lipinski definition) is 4. The van der Waals surface area contributed by atoms with Crippen LogP contribution in [0.15, 0.2) is 42.7 Å². The predicted molar refractivity (Wildman–Crippen MR) is 106 cm³/mol. The number of amides is 2. The highest BCUT2D eigenvalue weighted by molar-refractivity contribution is 5.79. The fourth-order valence-corrected chi connectivity index (χ4v) is 3.17. The van der Waals surface area contributed by atoms with Crippen molar-refractivity contribution in [3.63, 3.8) is 0 Å². The maximum atomic E-state index is 12.5. The number of carbonyl (C=O) groups is 2. The maximum absolute atomic E-state index is 12.5. The number of benzene rings is 1. The molecule has 28 heavy (non-hydrogen) atoms. The monoisotopic (exact) mass is 384 g/mol. The van der Waals surface area contributed by atoms with Crippen molar-refractivity contribution in [1.82, 2.24) is 20.0 Å². The Balaban J connectivity index is 1.44. The molecule has 0 radical (unpaired) electrons. The number of nitrogens with zero attached hydrogens (tertiary/aromatic N) is 3. The van der Waals surface area contributed by atoms with E-state index in [0.29, 0.717) is 32.5 Å². The summed E-state index contributed by atoms with van der Waals surface area (Å²) >= 11 is 0. The van der Waals surface area contributed by atoms with Gasteiger partial charge in [0.15, 0.2) is 0 Å². The third kappa shape index (κ3) is 5.34. The Hall–Kier alpha value is -2.83. The van der Waals surface area contributed by atoms with Gasteiger partial charge in [0.1, 0.15) is 5.60 Å². The van der Waals surface area contributed by atoms with Gasteiger partial charge in [-0.05, 0) is 57.4 Å². The molecule has 1 aliphatic heterocycles. The number of hydrogen-bond donors (Lipinski definition) is 1. The zero-order valence-corrected chi connectivity index (χ0v) is 16.7. The summed E-state index contributed by atoms with van der Waals surface area (Å²) in [6.45, 7) is 7.15. The van der Waals surface area contributed by atoms with Crippen molar-refractivity contribution in [3.8, 4) is 5.69 Å². The SMILES string of the molecule is CC(C)(C)OC(=O)N1CCC(C(=O)NCc2ccc(-n3cccn3)cc2)CC1. The van der Waals surface area contributed by atoms with Gasteiger partial charge in [-0.2, -0.15) is 5.10 Å². The molecule has 150 valence electrons. The van der Waals surface area contributed by atoms with E-state index in [9.17, 15) is 9.59 Å². The fraction of sp³-hybridized carbons (Fsp3) is 0.476. The molecule has 1 aromatic heterocycles. The summed E-state index contributed by atoms with van der Waals surface area (Å²) in [4.78, 5) is 26.3. The van der Waals surface area contributed by atoms with E-state index in [0.717, 1.165) is 11.3 Å². The second kappa shape index (κ2) is 8.46. The zero-order valence-electron chi connectivity index (χ0n) is 16.7. The van der Waals surface area contributed by atoms with E-state index in [-0.39, 0.29) is 17.9 Å². The summed E-state index contributed by atoms with van der Waals surface area (Å²) in [5, 5.41) is 7.21. The lowest BCUT2D eigenvalue weighted by Gasteiger charge is -2.32. The highest BCUT2D eigenvalue weighted by atomic mass is 16.6. The normalized spacial score (nSPS) is 15.3. The summed E-state index contributed by atoms with van der Waals surface area (Å²) in [5.74, 6) is -0.0259. The third-order valence-electron chi connectivity index (χ3n) is 4.69. The van der Waals surface area contributed by atoms with Gasteiger partial charge in [-0.25, -0.2) is 9.48 Å². The van der Waals surface area contributed by atoms with Crippen LogP contribution < -0.4 is 5.32 Å². The standard InChI is InChI=1S/C21H28N4O3/c1-21(2,3)28-20(27)24-13-9-17(10-14-24)19(26)22-15-16-5-7-18(8-6-16)25-12-4-11-23-25/h4-8,11-12,17H,9-10,13-15H2,1-3H3,(H,22,26). The minimum atomic E-state index is -0.502. The average Bonchev–Trinajstić information content (AvgIpc) is 3.20. The first-order chi connectivity index (χ1) is 13.3. The second-order valence-electron chi connectivity index (χ2n) is 8.08. The van der Waals surface area contributed by atoms with Crippen LogP contribution in [0.25, 0.3) is 5.69 Å². The van der Waals surface area contributed by atoms with Crippen LogP contribution in [0, 0.1) is 5.92 Å². The molecule has 0 bridgehead atoms. The minimum Gasteiger partial charge on any atom is -0.444 e. The van der Waals surface area contributed by atoms with Crippen LogP contribution in [0.4, 0.5) is 4.79 Å². The highest BCUT2D eigenvalue weighted by Crippen LogP contribution is 2.20. The van der Waals surface area contributed by atoms with Crippen LogP contribution in [0.1, 0.15) is 39.2 Å². The van der Waals surface area contributed by atoms with Gasteiger partial charge >= 0.3 is 6.09 Å². The molecule has 2 amide bonds. The van der Waals surface area contributed by atoms with Crippen LogP contribution in [-0.2, 0) is 16.1 Å². The quantitative estimate of drug-likeness (QED) is 0.879. The number of likely N-dealkylation sites (tertiary alicyclic amines) is 1. The lowest BCUT2D eigenvalue weighted by Crippen LogP contribution is -2.44. The molecule has 1 N–H and O–H groups in total. The van der Waals surface area contributed by atoms with Gasteiger partial charge in [0.2, 0.25) is 5.91 Å². The van der Waals surface area contributed by atoms with E-state index in [4.69, 9.17) is 4.74 Å². The van der Waals surface area contributed by atoms with E-state index in [1.807, 2.05) is 57.3 Å². The summed E-state index contributed by atoms with van der Waals surface area (Å²) in [6.07, 6.45) is 4.64. The Morgan fingerprint density at radius 2 is 1.86 bits per heavy atom. The van der Waals surface area contributed by atoms with Crippen molar-refractivity contribution in [2.24, 2.45) is 5.92 Å². The first kappa shape index (κ1) is 19.9. The molecule has 1 saturated heterocycles. The molecule has 0 unspecified atom stereocenters. The molecule has 0 spiro atoms. The predicted octanol–water partition coefficient (Wildman–Crippen LogP) is 3.14. The van der Waals surface area contributed by atoms with E-state index in [1.54, 1.807) is 15.8 Å². The maximum Gasteiger partial charge on any atom is 0.410 e. The molecule has 7 nitrogen and oxygen atoms in total. The molecule has 2 aromatic rings. The van der Waals surface area contributed by atoms with E-state index >= 15 is 0 Å².